The van der Waals surface area contributed by atoms with Gasteiger partial charge in [-0.3, -0.25) is 19.8 Å². The molecule has 13 nitrogen and oxygen atoms in total. The number of nitrogens with zero attached hydrogens (tertiary/aromatic N) is 6. The number of carbonyl (C=O) groups is 2. The zero-order chi connectivity index (χ0) is 24.7. The molecule has 2 aliphatic rings. The molecule has 0 bridgehead atoms. The summed E-state index contributed by atoms with van der Waals surface area (Å²) in [5.74, 6) is -1.15. The van der Waals surface area contributed by atoms with E-state index in [0.29, 0.717) is 6.61 Å². The van der Waals surface area contributed by atoms with Gasteiger partial charge in [0.15, 0.2) is 0 Å². The molecule has 2 saturated heterocycles. The highest BCUT2D eigenvalue weighted by Crippen LogP contribution is 2.35. The maximum atomic E-state index is 12.9. The van der Waals surface area contributed by atoms with Crippen LogP contribution in [0.25, 0.3) is 0 Å². The van der Waals surface area contributed by atoms with E-state index in [1.807, 2.05) is 6.92 Å². The molecule has 2 aliphatic heterocycles. The minimum absolute atomic E-state index is 0.0264. The molecule has 0 aliphatic carbocycles. The smallest absolute Gasteiger partial charge is 0.353 e. The Morgan fingerprint density at radius 1 is 1.18 bits per heavy atom. The van der Waals surface area contributed by atoms with Crippen LogP contribution in [0.1, 0.15) is 39.5 Å². The third kappa shape index (κ3) is 6.01. The van der Waals surface area contributed by atoms with Crippen LogP contribution in [0, 0.1) is 10.1 Å². The van der Waals surface area contributed by atoms with E-state index in [4.69, 9.17) is 15.2 Å². The Labute approximate surface area is 198 Å². The number of aromatic nitrogens is 2. The number of hydrogen-bond donors (Lipinski definition) is 1. The Morgan fingerprint density at radius 2 is 1.91 bits per heavy atom. The number of hydrogen-bond acceptors (Lipinski definition) is 11. The lowest BCUT2D eigenvalue weighted by Crippen LogP contribution is -2.59. The molecule has 2 N–H and O–H groups in total. The fraction of sp³-hybridized carbons (Fsp3) is 0.714. The van der Waals surface area contributed by atoms with Crippen molar-refractivity contribution < 1.29 is 24.0 Å². The second-order valence-corrected chi connectivity index (χ2v) is 8.31. The monoisotopic (exact) mass is 479 g/mol. The zero-order valence-corrected chi connectivity index (χ0v) is 19.8. The number of amides is 1. The standard InChI is InChI=1S/C21H33N7O6/c1-3-5-12-34-21-23-18(22)17(28(31)32)19(24-21)27-11-10-26(13-15(27)20(30)33-4-2)16(29)14-25-8-6-7-9-25/h15H,3-14H2,1-2H3,(H2,22,23,24). The second kappa shape index (κ2) is 11.8. The van der Waals surface area contributed by atoms with E-state index in [0.717, 1.165) is 38.8 Å². The van der Waals surface area contributed by atoms with E-state index in [-0.39, 0.29) is 56.3 Å². The number of rotatable bonds is 10. The van der Waals surface area contributed by atoms with Gasteiger partial charge < -0.3 is 25.0 Å². The summed E-state index contributed by atoms with van der Waals surface area (Å²) in [6.45, 7) is 6.60. The van der Waals surface area contributed by atoms with Gasteiger partial charge in [-0.25, -0.2) is 4.79 Å². The van der Waals surface area contributed by atoms with Crippen LogP contribution < -0.4 is 15.4 Å². The van der Waals surface area contributed by atoms with Crippen LogP contribution in [0.4, 0.5) is 17.3 Å². The predicted molar refractivity (Wildman–Crippen MR) is 124 cm³/mol. The molecule has 3 heterocycles. The summed E-state index contributed by atoms with van der Waals surface area (Å²) in [4.78, 5) is 50.2. The van der Waals surface area contributed by atoms with Gasteiger partial charge in [-0.1, -0.05) is 13.3 Å². The third-order valence-electron chi connectivity index (χ3n) is 5.91. The Morgan fingerprint density at radius 3 is 2.56 bits per heavy atom. The highest BCUT2D eigenvalue weighted by molar-refractivity contribution is 5.85. The van der Waals surface area contributed by atoms with Gasteiger partial charge >= 0.3 is 17.7 Å². The number of piperazine rings is 1. The van der Waals surface area contributed by atoms with Crippen molar-refractivity contribution in [2.24, 2.45) is 0 Å². The van der Waals surface area contributed by atoms with Crippen molar-refractivity contribution in [2.75, 3.05) is 63.1 Å². The number of nitro groups is 1. The number of unbranched alkanes of at least 4 members (excludes halogenated alkanes) is 1. The average molecular weight is 480 g/mol. The van der Waals surface area contributed by atoms with Gasteiger partial charge in [-0.05, 0) is 39.3 Å². The van der Waals surface area contributed by atoms with Crippen molar-refractivity contribution in [3.8, 4) is 6.01 Å². The fourth-order valence-electron chi connectivity index (χ4n) is 4.12. The molecule has 1 unspecified atom stereocenters. The molecule has 34 heavy (non-hydrogen) atoms. The maximum Gasteiger partial charge on any atom is 0.353 e. The number of esters is 1. The molecular formula is C21H33N7O6. The minimum Gasteiger partial charge on any atom is -0.464 e. The number of nitrogens with two attached hydrogens (primary N) is 1. The Hall–Kier alpha value is -3.22. The Balaban J connectivity index is 1.89. The molecule has 1 aromatic rings. The van der Waals surface area contributed by atoms with E-state index in [1.165, 1.54) is 4.90 Å². The van der Waals surface area contributed by atoms with E-state index < -0.39 is 22.6 Å². The molecule has 1 atom stereocenters. The molecule has 0 radical (unpaired) electrons. The van der Waals surface area contributed by atoms with Crippen LogP contribution in [0.5, 0.6) is 6.01 Å². The summed E-state index contributed by atoms with van der Waals surface area (Å²) >= 11 is 0. The fourth-order valence-corrected chi connectivity index (χ4v) is 4.12. The third-order valence-corrected chi connectivity index (χ3v) is 5.91. The molecule has 1 amide bonds. The van der Waals surface area contributed by atoms with Crippen molar-refractivity contribution >= 4 is 29.2 Å². The maximum absolute atomic E-state index is 12.9. The van der Waals surface area contributed by atoms with Gasteiger partial charge in [0, 0.05) is 13.1 Å². The van der Waals surface area contributed by atoms with Crippen molar-refractivity contribution in [3.63, 3.8) is 0 Å². The van der Waals surface area contributed by atoms with E-state index in [2.05, 4.69) is 14.9 Å². The zero-order valence-electron chi connectivity index (χ0n) is 19.8. The molecule has 0 saturated carbocycles. The molecule has 2 fully saturated rings. The highest BCUT2D eigenvalue weighted by atomic mass is 16.6. The summed E-state index contributed by atoms with van der Waals surface area (Å²) in [6, 6.07) is -1.07. The van der Waals surface area contributed by atoms with Crippen LogP contribution in [-0.4, -0.2) is 95.1 Å². The number of anilines is 2. The molecule has 0 aromatic carbocycles. The lowest BCUT2D eigenvalue weighted by molar-refractivity contribution is -0.383. The van der Waals surface area contributed by atoms with Crippen LogP contribution in [0.3, 0.4) is 0 Å². The Kier molecular flexibility index (Phi) is 8.79. The van der Waals surface area contributed by atoms with E-state index in [9.17, 15) is 19.7 Å². The summed E-state index contributed by atoms with van der Waals surface area (Å²) < 4.78 is 10.8. The Bertz CT molecular complexity index is 893. The number of carbonyl (C=O) groups excluding carboxylic acids is 2. The summed E-state index contributed by atoms with van der Waals surface area (Å²) in [7, 11) is 0. The van der Waals surface area contributed by atoms with Gasteiger partial charge in [0.1, 0.15) is 6.04 Å². The first kappa shape index (κ1) is 25.4. The van der Waals surface area contributed by atoms with Crippen molar-refractivity contribution in [2.45, 2.75) is 45.6 Å². The summed E-state index contributed by atoms with van der Waals surface area (Å²) in [5.41, 5.74) is 5.39. The molecule has 0 spiro atoms. The molecule has 13 heteroatoms. The predicted octanol–water partition coefficient (Wildman–Crippen LogP) is 0.822. The van der Waals surface area contributed by atoms with E-state index in [1.54, 1.807) is 11.8 Å². The van der Waals surface area contributed by atoms with Crippen molar-refractivity contribution in [1.82, 2.24) is 19.8 Å². The molecule has 1 aromatic heterocycles. The number of nitrogen functional groups attached to an aromatic ring is 1. The normalized spacial score (nSPS) is 18.7. The summed E-state index contributed by atoms with van der Waals surface area (Å²) in [6.07, 6.45) is 3.76. The van der Waals surface area contributed by atoms with Crippen LogP contribution in [-0.2, 0) is 14.3 Å². The first-order valence-corrected chi connectivity index (χ1v) is 11.7. The van der Waals surface area contributed by atoms with Crippen molar-refractivity contribution in [1.29, 1.82) is 0 Å². The first-order valence-electron chi connectivity index (χ1n) is 11.7. The largest absolute Gasteiger partial charge is 0.464 e. The van der Waals surface area contributed by atoms with Crippen LogP contribution in [0.15, 0.2) is 0 Å². The lowest BCUT2D eigenvalue weighted by Gasteiger charge is -2.40. The van der Waals surface area contributed by atoms with Gasteiger partial charge in [0.05, 0.1) is 31.2 Å². The van der Waals surface area contributed by atoms with E-state index >= 15 is 0 Å². The average Bonchev–Trinajstić information content (AvgIpc) is 3.31. The SMILES string of the molecule is CCCCOc1nc(N)c([N+](=O)[O-])c(N2CCN(C(=O)CN3CCCC3)CC2C(=O)OCC)n1. The molecule has 3 rings (SSSR count). The summed E-state index contributed by atoms with van der Waals surface area (Å²) in [5, 5.41) is 11.8. The minimum atomic E-state index is -0.979. The molecule has 188 valence electrons. The van der Waals surface area contributed by atoms with Crippen LogP contribution in [0.2, 0.25) is 0 Å². The first-order chi connectivity index (χ1) is 16.3. The second-order valence-electron chi connectivity index (χ2n) is 8.31. The van der Waals surface area contributed by atoms with Crippen LogP contribution >= 0.6 is 0 Å². The number of ether oxygens (including phenoxy) is 2. The van der Waals surface area contributed by atoms with Gasteiger partial charge in [-0.15, -0.1) is 0 Å². The van der Waals surface area contributed by atoms with Gasteiger partial charge in [0.25, 0.3) is 0 Å². The lowest BCUT2D eigenvalue weighted by atomic mass is 10.1. The quantitative estimate of drug-likeness (QED) is 0.219. The van der Waals surface area contributed by atoms with Crippen molar-refractivity contribution in [3.05, 3.63) is 10.1 Å². The number of likely N-dealkylation sites (tertiary alicyclic amines) is 1. The molecular weight excluding hydrogens is 446 g/mol. The van der Waals surface area contributed by atoms with Gasteiger partial charge in [0.2, 0.25) is 17.5 Å². The highest BCUT2D eigenvalue weighted by Gasteiger charge is 2.40. The topological polar surface area (TPSA) is 157 Å². The van der Waals surface area contributed by atoms with Gasteiger partial charge in [-0.2, -0.15) is 9.97 Å².